The fraction of sp³-hybridized carbons (Fsp3) is 0.500. The fourth-order valence-corrected chi connectivity index (χ4v) is 2.81. The smallest absolute Gasteiger partial charge is 0.306 e. The molecule has 1 aromatic carbocycles. The molecule has 1 fully saturated rings. The zero-order chi connectivity index (χ0) is 14.8. The van der Waals surface area contributed by atoms with Gasteiger partial charge in [-0.2, -0.15) is 0 Å². The molecule has 1 aliphatic carbocycles. The molecule has 110 valence electrons. The molecule has 1 saturated carbocycles. The van der Waals surface area contributed by atoms with Crippen LogP contribution >= 0.6 is 23.2 Å². The highest BCUT2D eigenvalue weighted by Crippen LogP contribution is 2.34. The van der Waals surface area contributed by atoms with E-state index >= 15 is 0 Å². The van der Waals surface area contributed by atoms with Gasteiger partial charge in [-0.25, -0.2) is 0 Å². The van der Waals surface area contributed by atoms with Crippen molar-refractivity contribution in [3.05, 3.63) is 28.2 Å². The normalized spacial score (nSPS) is 26.2. The number of rotatable bonds is 4. The molecular formula is C14H16Cl2O4. The highest BCUT2D eigenvalue weighted by Gasteiger charge is 2.36. The predicted molar refractivity (Wildman–Crippen MR) is 76.5 cm³/mol. The van der Waals surface area contributed by atoms with Crippen molar-refractivity contribution in [1.29, 1.82) is 0 Å². The zero-order valence-electron chi connectivity index (χ0n) is 10.8. The van der Waals surface area contributed by atoms with Gasteiger partial charge in [0.05, 0.1) is 16.5 Å². The van der Waals surface area contributed by atoms with E-state index in [0.717, 1.165) is 0 Å². The number of carbonyl (C=O) groups is 1. The SMILES string of the molecule is O=C(O)C1CCC(O)(COc2ccc(Cl)cc2Cl)CC1. The predicted octanol–water partition coefficient (Wildman–Crippen LogP) is 3.38. The van der Waals surface area contributed by atoms with Gasteiger partial charge in [-0.05, 0) is 43.9 Å². The van der Waals surface area contributed by atoms with E-state index in [2.05, 4.69) is 0 Å². The maximum absolute atomic E-state index is 10.9. The molecule has 0 aliphatic heterocycles. The Kier molecular flexibility index (Phi) is 4.78. The second-order valence-corrected chi connectivity index (χ2v) is 6.04. The fourth-order valence-electron chi connectivity index (χ4n) is 2.35. The van der Waals surface area contributed by atoms with Gasteiger partial charge in [-0.1, -0.05) is 23.2 Å². The van der Waals surface area contributed by atoms with Gasteiger partial charge in [0.2, 0.25) is 0 Å². The number of halogens is 2. The van der Waals surface area contributed by atoms with Crippen molar-refractivity contribution in [1.82, 2.24) is 0 Å². The van der Waals surface area contributed by atoms with E-state index < -0.39 is 11.6 Å². The molecule has 20 heavy (non-hydrogen) atoms. The van der Waals surface area contributed by atoms with Gasteiger partial charge in [0, 0.05) is 5.02 Å². The maximum atomic E-state index is 10.9. The first kappa shape index (κ1) is 15.4. The van der Waals surface area contributed by atoms with Crippen molar-refractivity contribution in [3.8, 4) is 5.75 Å². The summed E-state index contributed by atoms with van der Waals surface area (Å²) in [5.41, 5.74) is -0.991. The number of hydrogen-bond donors (Lipinski definition) is 2. The molecule has 4 nitrogen and oxygen atoms in total. The Hall–Kier alpha value is -0.970. The first-order valence-corrected chi connectivity index (χ1v) is 7.18. The average molecular weight is 319 g/mol. The van der Waals surface area contributed by atoms with Crippen molar-refractivity contribution < 1.29 is 19.7 Å². The minimum atomic E-state index is -0.991. The lowest BCUT2D eigenvalue weighted by Gasteiger charge is -2.34. The quantitative estimate of drug-likeness (QED) is 0.893. The van der Waals surface area contributed by atoms with Crippen LogP contribution in [0.5, 0.6) is 5.75 Å². The third-order valence-corrected chi connectivity index (χ3v) is 4.19. The summed E-state index contributed by atoms with van der Waals surface area (Å²) in [6.07, 6.45) is 1.75. The van der Waals surface area contributed by atoms with Crippen LogP contribution in [0.4, 0.5) is 0 Å². The molecular weight excluding hydrogens is 303 g/mol. The van der Waals surface area contributed by atoms with Crippen LogP contribution in [0.3, 0.4) is 0 Å². The lowest BCUT2D eigenvalue weighted by atomic mass is 9.79. The highest BCUT2D eigenvalue weighted by molar-refractivity contribution is 6.35. The van der Waals surface area contributed by atoms with Crippen LogP contribution in [0, 0.1) is 5.92 Å². The van der Waals surface area contributed by atoms with Crippen molar-refractivity contribution in [2.75, 3.05) is 6.61 Å². The average Bonchev–Trinajstić information content (AvgIpc) is 2.38. The number of hydrogen-bond acceptors (Lipinski definition) is 3. The maximum Gasteiger partial charge on any atom is 0.306 e. The first-order chi connectivity index (χ1) is 9.39. The van der Waals surface area contributed by atoms with E-state index in [-0.39, 0.29) is 12.5 Å². The monoisotopic (exact) mass is 318 g/mol. The van der Waals surface area contributed by atoms with Crippen molar-refractivity contribution >= 4 is 29.2 Å². The first-order valence-electron chi connectivity index (χ1n) is 6.43. The molecule has 6 heteroatoms. The molecule has 0 unspecified atom stereocenters. The van der Waals surface area contributed by atoms with Gasteiger partial charge in [0.15, 0.2) is 0 Å². The summed E-state index contributed by atoms with van der Waals surface area (Å²) in [6.45, 7) is 0.0979. The minimum Gasteiger partial charge on any atom is -0.489 e. The third kappa shape index (κ3) is 3.78. The Labute approximate surface area is 127 Å². The van der Waals surface area contributed by atoms with Crippen LogP contribution < -0.4 is 4.74 Å². The molecule has 2 rings (SSSR count). The second-order valence-electron chi connectivity index (χ2n) is 5.20. The molecule has 0 atom stereocenters. The Bertz CT molecular complexity index is 496. The number of carboxylic acids is 1. The standard InChI is InChI=1S/C14H16Cl2O4/c15-10-1-2-12(11(16)7-10)20-8-14(19)5-3-9(4-6-14)13(17)18/h1-2,7,9,19H,3-6,8H2,(H,17,18). The van der Waals surface area contributed by atoms with E-state index in [4.69, 9.17) is 33.0 Å². The van der Waals surface area contributed by atoms with Crippen LogP contribution in [0.1, 0.15) is 25.7 Å². The van der Waals surface area contributed by atoms with Crippen molar-refractivity contribution in [2.24, 2.45) is 5.92 Å². The molecule has 1 aromatic rings. The topological polar surface area (TPSA) is 66.8 Å². The van der Waals surface area contributed by atoms with Crippen LogP contribution in [0.25, 0.3) is 0 Å². The number of aliphatic carboxylic acids is 1. The lowest BCUT2D eigenvalue weighted by molar-refractivity contribution is -0.145. The molecule has 0 heterocycles. The minimum absolute atomic E-state index is 0.0979. The molecule has 0 bridgehead atoms. The summed E-state index contributed by atoms with van der Waals surface area (Å²) in [6, 6.07) is 4.88. The van der Waals surface area contributed by atoms with E-state index in [0.29, 0.717) is 41.5 Å². The number of carboxylic acid groups (broad SMARTS) is 1. The van der Waals surface area contributed by atoms with E-state index in [9.17, 15) is 9.90 Å². The van der Waals surface area contributed by atoms with Gasteiger partial charge in [0.25, 0.3) is 0 Å². The number of aliphatic hydroxyl groups is 1. The molecule has 0 spiro atoms. The van der Waals surface area contributed by atoms with Gasteiger partial charge < -0.3 is 14.9 Å². The highest BCUT2D eigenvalue weighted by atomic mass is 35.5. The molecule has 0 amide bonds. The molecule has 2 N–H and O–H groups in total. The summed E-state index contributed by atoms with van der Waals surface area (Å²) in [5, 5.41) is 20.2. The van der Waals surface area contributed by atoms with Gasteiger partial charge >= 0.3 is 5.97 Å². The molecule has 0 radical (unpaired) electrons. The van der Waals surface area contributed by atoms with Gasteiger partial charge in [0.1, 0.15) is 12.4 Å². The van der Waals surface area contributed by atoms with Crippen LogP contribution in [0.15, 0.2) is 18.2 Å². The largest absolute Gasteiger partial charge is 0.489 e. The van der Waals surface area contributed by atoms with E-state index in [1.54, 1.807) is 18.2 Å². The Morgan fingerprint density at radius 1 is 1.35 bits per heavy atom. The third-order valence-electron chi connectivity index (χ3n) is 3.66. The summed E-state index contributed by atoms with van der Waals surface area (Å²) in [7, 11) is 0. The van der Waals surface area contributed by atoms with Gasteiger partial charge in [-0.3, -0.25) is 4.79 Å². The number of ether oxygens (including phenoxy) is 1. The zero-order valence-corrected chi connectivity index (χ0v) is 12.3. The molecule has 1 aliphatic rings. The summed E-state index contributed by atoms with van der Waals surface area (Å²) >= 11 is 11.8. The molecule has 0 saturated heterocycles. The Balaban J connectivity index is 1.92. The van der Waals surface area contributed by atoms with Crippen LogP contribution in [-0.4, -0.2) is 28.4 Å². The van der Waals surface area contributed by atoms with E-state index in [1.165, 1.54) is 0 Å². The Morgan fingerprint density at radius 3 is 2.55 bits per heavy atom. The summed E-state index contributed by atoms with van der Waals surface area (Å²) in [5.74, 6) is -0.701. The lowest BCUT2D eigenvalue weighted by Crippen LogP contribution is -2.41. The van der Waals surface area contributed by atoms with Crippen LogP contribution in [-0.2, 0) is 4.79 Å². The van der Waals surface area contributed by atoms with Crippen LogP contribution in [0.2, 0.25) is 10.0 Å². The van der Waals surface area contributed by atoms with Crippen molar-refractivity contribution in [2.45, 2.75) is 31.3 Å². The summed E-state index contributed by atoms with van der Waals surface area (Å²) in [4.78, 5) is 10.9. The van der Waals surface area contributed by atoms with Gasteiger partial charge in [-0.15, -0.1) is 0 Å². The summed E-state index contributed by atoms with van der Waals surface area (Å²) < 4.78 is 5.54. The van der Waals surface area contributed by atoms with Crippen molar-refractivity contribution in [3.63, 3.8) is 0 Å². The Morgan fingerprint density at radius 2 is 2.00 bits per heavy atom. The molecule has 0 aromatic heterocycles. The number of benzene rings is 1. The second kappa shape index (κ2) is 6.20. The van der Waals surface area contributed by atoms with E-state index in [1.807, 2.05) is 0 Å².